The van der Waals surface area contributed by atoms with Gasteiger partial charge in [0.15, 0.2) is 0 Å². The van der Waals surface area contributed by atoms with Crippen molar-refractivity contribution in [3.05, 3.63) is 0 Å². The van der Waals surface area contributed by atoms with E-state index in [1.54, 1.807) is 0 Å². The van der Waals surface area contributed by atoms with Gasteiger partial charge in [-0.05, 0) is 13.0 Å². The van der Waals surface area contributed by atoms with E-state index < -0.39 is 27.8 Å². The number of hydrogen-bond acceptors (Lipinski definition) is 7. The Bertz CT molecular complexity index is 396. The van der Waals surface area contributed by atoms with Crippen molar-refractivity contribution in [1.82, 2.24) is 23.4 Å². The van der Waals surface area contributed by atoms with Crippen molar-refractivity contribution in [2.45, 2.75) is 84.0 Å². The molecule has 0 aliphatic heterocycles. The van der Waals surface area contributed by atoms with Crippen molar-refractivity contribution in [2.24, 2.45) is 0 Å². The third-order valence-electron chi connectivity index (χ3n) is 4.07. The smallest absolute Gasteiger partial charge is 0.0264 e. The molecule has 0 radical (unpaired) electrons. The molecule has 12 N–H and O–H groups in total. The first-order valence-corrected chi connectivity index (χ1v) is 12.8. The molecule has 0 unspecified atom stereocenters. The predicted molar refractivity (Wildman–Crippen MR) is 111 cm³/mol. The molecule has 0 aliphatic rings. The topological polar surface area (TPSA) is 239 Å². The number of nitrogens with zero attached hydrogens (tertiary/aromatic N) is 1. The Labute approximate surface area is 170 Å². The zero-order valence-corrected chi connectivity index (χ0v) is 20.2. The molecule has 0 saturated carbocycles. The van der Waals surface area contributed by atoms with Crippen LogP contribution in [0.5, 0.6) is 0 Å². The molecule has 0 bridgehead atoms. The Morgan fingerprint density at radius 3 is 1.14 bits per heavy atom. The lowest BCUT2D eigenvalue weighted by Crippen LogP contribution is -2.36. The predicted octanol–water partition coefficient (Wildman–Crippen LogP) is 2.86. The van der Waals surface area contributed by atoms with Crippen LogP contribution in [0.25, 0.3) is 0 Å². The van der Waals surface area contributed by atoms with E-state index in [1.165, 1.54) is 51.4 Å². The van der Waals surface area contributed by atoms with Crippen LogP contribution in [0.15, 0.2) is 0 Å². The minimum atomic E-state index is -4.87. The summed E-state index contributed by atoms with van der Waals surface area (Å²) < 4.78 is 21.6. The summed E-state index contributed by atoms with van der Waals surface area (Å²) in [6, 6.07) is 0. The highest BCUT2D eigenvalue weighted by Crippen LogP contribution is 2.30. The molecule has 0 heterocycles. The Morgan fingerprint density at radius 2 is 0.857 bits per heavy atom. The van der Waals surface area contributed by atoms with E-state index in [1.807, 2.05) is 0 Å². The quantitative estimate of drug-likeness (QED) is 0.220. The van der Waals surface area contributed by atoms with Crippen molar-refractivity contribution in [1.29, 1.82) is 0 Å². The summed E-state index contributed by atoms with van der Waals surface area (Å²) in [5.74, 6) is 0. The van der Waals surface area contributed by atoms with Gasteiger partial charge < -0.3 is 47.2 Å². The molecule has 0 spiro atoms. The van der Waals surface area contributed by atoms with Crippen molar-refractivity contribution in [3.63, 3.8) is 0 Å². The summed E-state index contributed by atoms with van der Waals surface area (Å²) in [5, 5.41) is 0. The van der Waals surface area contributed by atoms with E-state index in [-0.39, 0.29) is 25.0 Å². The van der Waals surface area contributed by atoms with Gasteiger partial charge in [0.25, 0.3) is 0 Å². The lowest BCUT2D eigenvalue weighted by atomic mass is 10.1. The summed E-state index contributed by atoms with van der Waals surface area (Å²) >= 11 is 0. The zero-order chi connectivity index (χ0) is 19.2. The van der Waals surface area contributed by atoms with E-state index in [9.17, 15) is 28.7 Å². The van der Waals surface area contributed by atoms with Gasteiger partial charge in [-0.1, -0.05) is 92.7 Å². The largest absolute Gasteiger partial charge is 0.810 e. The van der Waals surface area contributed by atoms with Crippen LogP contribution >= 0.6 is 15.2 Å². The Balaban J connectivity index is -0.000000960. The van der Waals surface area contributed by atoms with Crippen LogP contribution in [0.1, 0.15) is 84.0 Å². The van der Waals surface area contributed by atoms with E-state index in [2.05, 4.69) is 6.92 Å². The minimum absolute atomic E-state index is 0. The number of unbranched alkanes of at least 4 members (excludes halogenated alkanes) is 11. The van der Waals surface area contributed by atoms with Crippen LogP contribution in [-0.2, 0) is 9.13 Å². The monoisotopic (exact) mass is 451 g/mol. The molecule has 176 valence electrons. The molecule has 10 nitrogen and oxygen atoms in total. The van der Waals surface area contributed by atoms with Gasteiger partial charge in [-0.2, -0.15) is 0 Å². The van der Waals surface area contributed by atoms with Crippen LogP contribution < -0.4 is 38.0 Å². The maximum absolute atomic E-state index is 10.8. The van der Waals surface area contributed by atoms with E-state index in [0.29, 0.717) is 6.42 Å². The fourth-order valence-electron chi connectivity index (χ4n) is 2.85. The summed E-state index contributed by atoms with van der Waals surface area (Å²) in [7, 11) is -9.73. The second-order valence-electron chi connectivity index (χ2n) is 6.79. The van der Waals surface area contributed by atoms with Gasteiger partial charge in [0.2, 0.25) is 0 Å². The highest BCUT2D eigenvalue weighted by atomic mass is 31.2. The molecule has 28 heavy (non-hydrogen) atoms. The Hall–Kier alpha value is 0.140. The van der Waals surface area contributed by atoms with Crippen LogP contribution in [-0.4, -0.2) is 24.0 Å². The summed E-state index contributed by atoms with van der Waals surface area (Å²) in [6.45, 7) is 2.35. The molecular weight excluding hydrogens is 406 g/mol. The lowest BCUT2D eigenvalue weighted by Gasteiger charge is -2.41. The van der Waals surface area contributed by atoms with Gasteiger partial charge in [0.1, 0.15) is 0 Å². The molecule has 12 heteroatoms. The molecule has 0 amide bonds. The molecule has 0 rings (SSSR count). The molecule has 0 aromatic heterocycles. The third kappa shape index (κ3) is 28.4. The van der Waals surface area contributed by atoms with Crippen molar-refractivity contribution < 1.29 is 28.7 Å². The van der Waals surface area contributed by atoms with Crippen LogP contribution in [0, 0.1) is 0 Å². The van der Waals surface area contributed by atoms with Crippen LogP contribution in [0.3, 0.4) is 0 Å². The fourth-order valence-corrected chi connectivity index (χ4v) is 4.47. The molecule has 0 fully saturated rings. The zero-order valence-electron chi connectivity index (χ0n) is 18.4. The van der Waals surface area contributed by atoms with Gasteiger partial charge >= 0.3 is 0 Å². The number of quaternary nitrogens is 3. The van der Waals surface area contributed by atoms with Gasteiger partial charge in [-0.15, -0.1) is 0 Å². The minimum Gasteiger partial charge on any atom is -0.810 e. The fraction of sp³-hybridized carbons (Fsp3) is 1.00. The molecule has 0 atom stereocenters. The third-order valence-corrected chi connectivity index (χ3v) is 5.57. The first-order valence-electron chi connectivity index (χ1n) is 9.38. The molecule has 0 aromatic carbocycles. The van der Waals surface area contributed by atoms with E-state index >= 15 is 0 Å². The average Bonchev–Trinajstić information content (AvgIpc) is 2.45. The first-order chi connectivity index (χ1) is 11.6. The summed E-state index contributed by atoms with van der Waals surface area (Å²) in [5.41, 5.74) is 0. The van der Waals surface area contributed by atoms with E-state index in [4.69, 9.17) is 0 Å². The van der Waals surface area contributed by atoms with Gasteiger partial charge in [-0.25, -0.2) is 0 Å². The summed E-state index contributed by atoms with van der Waals surface area (Å²) in [4.78, 5) is 44.1. The first kappa shape index (κ1) is 35.6. The second kappa shape index (κ2) is 20.4. The van der Waals surface area contributed by atoms with Gasteiger partial charge in [0, 0.05) is 12.6 Å². The van der Waals surface area contributed by atoms with Crippen molar-refractivity contribution >= 4 is 15.2 Å². The Morgan fingerprint density at radius 1 is 0.571 bits per heavy atom. The van der Waals surface area contributed by atoms with Gasteiger partial charge in [0.05, 0.1) is 0 Å². The Kier molecular flexibility index (Phi) is 25.9. The van der Waals surface area contributed by atoms with E-state index in [0.717, 1.165) is 24.2 Å². The van der Waals surface area contributed by atoms with Gasteiger partial charge in [-0.3, -0.25) is 4.90 Å². The molecule has 0 aliphatic carbocycles. The maximum Gasteiger partial charge on any atom is 0.0264 e. The van der Waals surface area contributed by atoms with Crippen LogP contribution in [0.2, 0.25) is 0 Å². The standard InChI is InChI=1S/C16H37NO6P2.3H3N/c1-2-3-4-5-6-7-8-9-10-11-12-13-14-17(15-24(18,19)20)16-25(21,22)23;;;/h2-16H2,1H3,(H2,18,19,20)(H2,21,22,23);3*1H3/p-1. The average molecular weight is 452 g/mol. The highest BCUT2D eigenvalue weighted by molar-refractivity contribution is 7.49. The number of hydrogen-bond donors (Lipinski definition) is 3. The van der Waals surface area contributed by atoms with Crippen molar-refractivity contribution in [2.75, 3.05) is 19.1 Å². The van der Waals surface area contributed by atoms with Crippen molar-refractivity contribution in [3.8, 4) is 0 Å². The molecule has 0 aromatic rings. The maximum atomic E-state index is 10.8. The lowest BCUT2D eigenvalue weighted by molar-refractivity contribution is -0.318. The summed E-state index contributed by atoms with van der Waals surface area (Å²) in [6.07, 6.45) is 11.9. The normalized spacial score (nSPS) is 11.5. The number of rotatable bonds is 17. The second-order valence-corrected chi connectivity index (χ2v) is 9.80. The SMILES string of the molecule is CCCCCCCCCCCCCCN(CP(=O)([O-])[O-])CP(=O)([O-])[O-].[NH4+].[NH4+].[NH4+]. The highest BCUT2D eigenvalue weighted by Gasteiger charge is 2.08. The molecule has 0 saturated heterocycles. The molecular formula is C16H45N4O6P2-. The van der Waals surface area contributed by atoms with Crippen LogP contribution in [0.4, 0.5) is 0 Å².